The Hall–Kier alpha value is -1.77. The number of carbonyl (C=O) groups is 1. The molecule has 1 heterocycles. The molecule has 0 bridgehead atoms. The predicted octanol–water partition coefficient (Wildman–Crippen LogP) is 2.90. The average Bonchev–Trinajstić information content (AvgIpc) is 2.55. The van der Waals surface area contributed by atoms with E-state index < -0.39 is 0 Å². The van der Waals surface area contributed by atoms with E-state index in [4.69, 9.17) is 4.74 Å². The molecule has 1 unspecified atom stereocenters. The number of benzene rings is 1. The lowest BCUT2D eigenvalue weighted by Crippen LogP contribution is -2.19. The normalized spacial score (nSPS) is 12.6. The summed E-state index contributed by atoms with van der Waals surface area (Å²) in [4.78, 5) is 10.9. The van der Waals surface area contributed by atoms with E-state index in [1.165, 1.54) is 23.5 Å². The lowest BCUT2D eigenvalue weighted by molar-refractivity contribution is -0.145. The summed E-state index contributed by atoms with van der Waals surface area (Å²) in [5.74, 6) is -0.230. The van der Waals surface area contributed by atoms with Crippen LogP contribution in [0.5, 0.6) is 0 Å². The number of fused-ring (bicyclic) bond motifs is 1. The number of ether oxygens (including phenoxy) is 1. The molecule has 90 valence electrons. The van der Waals surface area contributed by atoms with E-state index >= 15 is 0 Å². The van der Waals surface area contributed by atoms with Crippen LogP contribution < -0.4 is 0 Å². The number of hydrogen-bond donors (Lipinski definition) is 0. The molecule has 3 nitrogen and oxygen atoms in total. The first kappa shape index (κ1) is 11.7. The molecule has 0 spiro atoms. The second-order valence-corrected chi connectivity index (χ2v) is 4.38. The van der Waals surface area contributed by atoms with Gasteiger partial charge in [0.05, 0.1) is 6.54 Å². The predicted molar refractivity (Wildman–Crippen MR) is 67.9 cm³/mol. The van der Waals surface area contributed by atoms with Crippen LogP contribution in [0.2, 0.25) is 0 Å². The van der Waals surface area contributed by atoms with Gasteiger partial charge in [-0.25, -0.2) is 0 Å². The quantitative estimate of drug-likeness (QED) is 0.760. The van der Waals surface area contributed by atoms with Gasteiger partial charge in [-0.3, -0.25) is 4.79 Å². The molecule has 1 atom stereocenters. The van der Waals surface area contributed by atoms with Crippen molar-refractivity contribution in [1.29, 1.82) is 0 Å². The molecule has 3 heteroatoms. The first-order valence-electron chi connectivity index (χ1n) is 5.80. The van der Waals surface area contributed by atoms with Crippen molar-refractivity contribution >= 4 is 16.9 Å². The Bertz CT molecular complexity index is 542. The van der Waals surface area contributed by atoms with Crippen molar-refractivity contribution in [2.45, 2.75) is 33.4 Å². The Morgan fingerprint density at radius 3 is 2.82 bits per heavy atom. The molecular formula is C14H17NO2. The molecule has 0 amide bonds. The van der Waals surface area contributed by atoms with Gasteiger partial charge in [-0.15, -0.1) is 0 Å². The zero-order valence-corrected chi connectivity index (χ0v) is 10.4. The second-order valence-electron chi connectivity index (χ2n) is 4.38. The molecule has 2 aromatic rings. The monoisotopic (exact) mass is 231 g/mol. The Morgan fingerprint density at radius 1 is 1.41 bits per heavy atom. The third kappa shape index (κ3) is 2.49. The molecule has 0 aliphatic rings. The highest BCUT2D eigenvalue weighted by atomic mass is 16.5. The van der Waals surface area contributed by atoms with E-state index in [2.05, 4.69) is 29.7 Å². The standard InChI is InChI=1S/C14H17NO2/c1-10-8-13-6-4-5-7-14(13)15(10)9-11(2)17-12(3)16/h4-8,11H,9H2,1-3H3. The lowest BCUT2D eigenvalue weighted by atomic mass is 10.2. The van der Waals surface area contributed by atoms with Crippen molar-refractivity contribution in [2.24, 2.45) is 0 Å². The van der Waals surface area contributed by atoms with Crippen LogP contribution in [0.1, 0.15) is 19.5 Å². The van der Waals surface area contributed by atoms with Crippen LogP contribution in [0.15, 0.2) is 30.3 Å². The molecule has 2 rings (SSSR count). The van der Waals surface area contributed by atoms with E-state index in [1.54, 1.807) is 0 Å². The van der Waals surface area contributed by atoms with Crippen LogP contribution in [0.4, 0.5) is 0 Å². The first-order chi connectivity index (χ1) is 8.08. The van der Waals surface area contributed by atoms with Crippen LogP contribution in [-0.4, -0.2) is 16.6 Å². The molecule has 0 saturated heterocycles. The molecule has 1 aromatic heterocycles. The third-order valence-electron chi connectivity index (χ3n) is 2.82. The first-order valence-corrected chi connectivity index (χ1v) is 5.80. The molecule has 0 aliphatic heterocycles. The van der Waals surface area contributed by atoms with Crippen LogP contribution in [0, 0.1) is 6.92 Å². The van der Waals surface area contributed by atoms with Gasteiger partial charge in [0, 0.05) is 18.1 Å². The Kier molecular flexibility index (Phi) is 3.18. The number of para-hydroxylation sites is 1. The van der Waals surface area contributed by atoms with E-state index in [1.807, 2.05) is 19.1 Å². The van der Waals surface area contributed by atoms with Gasteiger partial charge in [0.25, 0.3) is 0 Å². The number of aryl methyl sites for hydroxylation is 1. The van der Waals surface area contributed by atoms with Crippen molar-refractivity contribution in [3.05, 3.63) is 36.0 Å². The highest BCUT2D eigenvalue weighted by molar-refractivity contribution is 5.81. The third-order valence-corrected chi connectivity index (χ3v) is 2.82. The molecular weight excluding hydrogens is 214 g/mol. The maximum Gasteiger partial charge on any atom is 0.302 e. The van der Waals surface area contributed by atoms with Gasteiger partial charge in [-0.2, -0.15) is 0 Å². The van der Waals surface area contributed by atoms with Crippen molar-refractivity contribution < 1.29 is 9.53 Å². The zero-order chi connectivity index (χ0) is 12.4. The largest absolute Gasteiger partial charge is 0.461 e. The minimum absolute atomic E-state index is 0.109. The molecule has 17 heavy (non-hydrogen) atoms. The van der Waals surface area contributed by atoms with E-state index in [0.717, 1.165) is 0 Å². The number of rotatable bonds is 3. The molecule has 1 aromatic carbocycles. The minimum atomic E-state index is -0.230. The van der Waals surface area contributed by atoms with Gasteiger partial charge in [0.2, 0.25) is 0 Å². The van der Waals surface area contributed by atoms with E-state index in [-0.39, 0.29) is 12.1 Å². The molecule has 0 aliphatic carbocycles. The highest BCUT2D eigenvalue weighted by Gasteiger charge is 2.10. The summed E-state index contributed by atoms with van der Waals surface area (Å²) < 4.78 is 7.35. The summed E-state index contributed by atoms with van der Waals surface area (Å²) in [6.45, 7) is 6.12. The second kappa shape index (κ2) is 4.62. The Balaban J connectivity index is 2.29. The number of aromatic nitrogens is 1. The Labute approximate surface area is 101 Å². The highest BCUT2D eigenvalue weighted by Crippen LogP contribution is 2.19. The molecule has 0 radical (unpaired) electrons. The number of hydrogen-bond acceptors (Lipinski definition) is 2. The Morgan fingerprint density at radius 2 is 2.12 bits per heavy atom. The van der Waals surface area contributed by atoms with Crippen molar-refractivity contribution in [3.8, 4) is 0 Å². The summed E-state index contributed by atoms with van der Waals surface area (Å²) in [6, 6.07) is 10.4. The van der Waals surface area contributed by atoms with Crippen molar-refractivity contribution in [3.63, 3.8) is 0 Å². The number of esters is 1. The van der Waals surface area contributed by atoms with Gasteiger partial charge < -0.3 is 9.30 Å². The van der Waals surface area contributed by atoms with Crippen molar-refractivity contribution in [1.82, 2.24) is 4.57 Å². The summed E-state index contributed by atoms with van der Waals surface area (Å²) in [6.07, 6.45) is -0.109. The van der Waals surface area contributed by atoms with Gasteiger partial charge >= 0.3 is 5.97 Å². The van der Waals surface area contributed by atoms with Gasteiger partial charge in [0.1, 0.15) is 6.10 Å². The number of nitrogens with zero attached hydrogens (tertiary/aromatic N) is 1. The maximum absolute atomic E-state index is 10.9. The topological polar surface area (TPSA) is 31.2 Å². The maximum atomic E-state index is 10.9. The summed E-state index contributed by atoms with van der Waals surface area (Å²) >= 11 is 0. The lowest BCUT2D eigenvalue weighted by Gasteiger charge is -2.15. The van der Waals surface area contributed by atoms with Crippen LogP contribution >= 0.6 is 0 Å². The van der Waals surface area contributed by atoms with E-state index in [9.17, 15) is 4.79 Å². The zero-order valence-electron chi connectivity index (χ0n) is 10.4. The fraction of sp³-hybridized carbons (Fsp3) is 0.357. The molecule has 0 saturated carbocycles. The average molecular weight is 231 g/mol. The summed E-state index contributed by atoms with van der Waals surface area (Å²) in [5, 5.41) is 1.22. The van der Waals surface area contributed by atoms with Crippen LogP contribution in [0.25, 0.3) is 10.9 Å². The van der Waals surface area contributed by atoms with Crippen LogP contribution in [0.3, 0.4) is 0 Å². The fourth-order valence-corrected chi connectivity index (χ4v) is 2.17. The number of carbonyl (C=O) groups excluding carboxylic acids is 1. The SMILES string of the molecule is CC(=O)OC(C)Cn1c(C)cc2ccccc21. The summed E-state index contributed by atoms with van der Waals surface area (Å²) in [7, 11) is 0. The summed E-state index contributed by atoms with van der Waals surface area (Å²) in [5.41, 5.74) is 2.37. The molecule has 0 fully saturated rings. The van der Waals surface area contributed by atoms with Crippen molar-refractivity contribution in [2.75, 3.05) is 0 Å². The van der Waals surface area contributed by atoms with Gasteiger partial charge in [0.15, 0.2) is 0 Å². The fourth-order valence-electron chi connectivity index (χ4n) is 2.17. The van der Waals surface area contributed by atoms with Gasteiger partial charge in [-0.1, -0.05) is 18.2 Å². The van der Waals surface area contributed by atoms with Gasteiger partial charge in [-0.05, 0) is 31.4 Å². The van der Waals surface area contributed by atoms with Crippen LogP contribution in [-0.2, 0) is 16.1 Å². The minimum Gasteiger partial charge on any atom is -0.461 e. The smallest absolute Gasteiger partial charge is 0.302 e. The molecule has 0 N–H and O–H groups in total. The van der Waals surface area contributed by atoms with E-state index in [0.29, 0.717) is 6.54 Å².